The molecule has 1 aliphatic rings. The predicted molar refractivity (Wildman–Crippen MR) is 111 cm³/mol. The van der Waals surface area contributed by atoms with Crippen molar-refractivity contribution in [1.29, 1.82) is 0 Å². The van der Waals surface area contributed by atoms with E-state index >= 15 is 0 Å². The minimum atomic E-state index is -0.314. The molecular weight excluding hydrogens is 405 g/mol. The summed E-state index contributed by atoms with van der Waals surface area (Å²) in [5.74, 6) is 0.0688. The number of benzene rings is 2. The van der Waals surface area contributed by atoms with E-state index in [1.54, 1.807) is 12.1 Å². The summed E-state index contributed by atoms with van der Waals surface area (Å²) in [6.07, 6.45) is 2.66. The number of aliphatic hydroxyl groups is 1. The van der Waals surface area contributed by atoms with E-state index in [1.165, 1.54) is 0 Å². The van der Waals surface area contributed by atoms with Crippen LogP contribution >= 0.6 is 34.8 Å². The molecule has 2 aromatic carbocycles. The summed E-state index contributed by atoms with van der Waals surface area (Å²) in [6.45, 7) is 1.33. The van der Waals surface area contributed by atoms with Gasteiger partial charge in [0.1, 0.15) is 0 Å². The van der Waals surface area contributed by atoms with Crippen LogP contribution in [-0.2, 0) is 16.6 Å². The van der Waals surface area contributed by atoms with Gasteiger partial charge in [-0.3, -0.25) is 4.79 Å². The number of rotatable bonds is 5. The van der Waals surface area contributed by atoms with E-state index in [4.69, 9.17) is 34.8 Å². The van der Waals surface area contributed by atoms with E-state index in [-0.39, 0.29) is 17.9 Å². The summed E-state index contributed by atoms with van der Waals surface area (Å²) in [6, 6.07) is 13.0. The first-order valence-corrected chi connectivity index (χ1v) is 10.2. The number of hydrogen-bond donors (Lipinski definition) is 1. The SMILES string of the molecule is O=C(Cc1cccc(Cl)c1)N1CCCC(CCO)(c2ccc(Cl)c(Cl)c2)C1. The third kappa shape index (κ3) is 4.78. The summed E-state index contributed by atoms with van der Waals surface area (Å²) in [4.78, 5) is 14.8. The highest BCUT2D eigenvalue weighted by Crippen LogP contribution is 2.39. The number of nitrogens with zero attached hydrogens (tertiary/aromatic N) is 1. The largest absolute Gasteiger partial charge is 0.396 e. The Morgan fingerprint density at radius 3 is 2.63 bits per heavy atom. The number of likely N-dealkylation sites (tertiary alicyclic amines) is 1. The van der Waals surface area contributed by atoms with Gasteiger partial charge in [-0.05, 0) is 54.7 Å². The van der Waals surface area contributed by atoms with Crippen LogP contribution < -0.4 is 0 Å². The minimum absolute atomic E-state index is 0.0522. The van der Waals surface area contributed by atoms with Crippen molar-refractivity contribution in [1.82, 2.24) is 4.90 Å². The van der Waals surface area contributed by atoms with Gasteiger partial charge in [-0.15, -0.1) is 0 Å². The van der Waals surface area contributed by atoms with Gasteiger partial charge in [-0.2, -0.15) is 0 Å². The number of aliphatic hydroxyl groups excluding tert-OH is 1. The average Bonchev–Trinajstić information content (AvgIpc) is 2.64. The second-order valence-corrected chi connectivity index (χ2v) is 8.36. The average molecular weight is 427 g/mol. The van der Waals surface area contributed by atoms with Gasteiger partial charge in [-0.1, -0.05) is 53.0 Å². The van der Waals surface area contributed by atoms with Crippen LogP contribution in [0.2, 0.25) is 15.1 Å². The Hall–Kier alpha value is -1.26. The molecule has 1 N–H and O–H groups in total. The summed E-state index contributed by atoms with van der Waals surface area (Å²) in [7, 11) is 0. The molecule has 2 aromatic rings. The van der Waals surface area contributed by atoms with Crippen molar-refractivity contribution in [3.63, 3.8) is 0 Å². The summed E-state index contributed by atoms with van der Waals surface area (Å²) < 4.78 is 0. The Kier molecular flexibility index (Phi) is 6.69. The first kappa shape index (κ1) is 20.5. The number of amides is 1. The molecule has 6 heteroatoms. The molecule has 0 saturated carbocycles. The topological polar surface area (TPSA) is 40.5 Å². The van der Waals surface area contributed by atoms with Crippen molar-refractivity contribution in [2.45, 2.75) is 31.1 Å². The molecule has 0 spiro atoms. The Labute approximate surface area is 174 Å². The smallest absolute Gasteiger partial charge is 0.227 e. The fraction of sp³-hybridized carbons (Fsp3) is 0.381. The fourth-order valence-electron chi connectivity index (χ4n) is 3.90. The van der Waals surface area contributed by atoms with Crippen molar-refractivity contribution >= 4 is 40.7 Å². The van der Waals surface area contributed by atoms with Crippen molar-refractivity contribution in [2.24, 2.45) is 0 Å². The Balaban J connectivity index is 1.82. The van der Waals surface area contributed by atoms with Gasteiger partial charge in [0, 0.05) is 30.1 Å². The lowest BCUT2D eigenvalue weighted by Gasteiger charge is -2.43. The Morgan fingerprint density at radius 1 is 1.11 bits per heavy atom. The van der Waals surface area contributed by atoms with Crippen LogP contribution in [0, 0.1) is 0 Å². The number of carbonyl (C=O) groups excluding carboxylic acids is 1. The molecule has 1 fully saturated rings. The maximum Gasteiger partial charge on any atom is 0.227 e. The van der Waals surface area contributed by atoms with Crippen LogP contribution in [0.25, 0.3) is 0 Å². The minimum Gasteiger partial charge on any atom is -0.396 e. The fourth-order valence-corrected chi connectivity index (χ4v) is 4.41. The van der Waals surface area contributed by atoms with Crippen molar-refractivity contribution in [2.75, 3.05) is 19.7 Å². The van der Waals surface area contributed by atoms with Gasteiger partial charge in [0.15, 0.2) is 0 Å². The van der Waals surface area contributed by atoms with Gasteiger partial charge < -0.3 is 10.0 Å². The zero-order valence-corrected chi connectivity index (χ0v) is 17.2. The van der Waals surface area contributed by atoms with E-state index in [1.807, 2.05) is 35.2 Å². The molecule has 1 aliphatic heterocycles. The third-order valence-corrected chi connectivity index (χ3v) is 6.27. The van der Waals surface area contributed by atoms with Crippen molar-refractivity contribution < 1.29 is 9.90 Å². The molecule has 1 amide bonds. The summed E-state index contributed by atoms with van der Waals surface area (Å²) in [5.41, 5.74) is 1.61. The second kappa shape index (κ2) is 8.83. The van der Waals surface area contributed by atoms with E-state index in [2.05, 4.69) is 0 Å². The van der Waals surface area contributed by atoms with Gasteiger partial charge >= 0.3 is 0 Å². The van der Waals surface area contributed by atoms with Gasteiger partial charge in [0.05, 0.1) is 16.5 Å². The number of halogens is 3. The monoisotopic (exact) mass is 425 g/mol. The van der Waals surface area contributed by atoms with Crippen LogP contribution in [-0.4, -0.2) is 35.6 Å². The highest BCUT2D eigenvalue weighted by molar-refractivity contribution is 6.42. The van der Waals surface area contributed by atoms with Crippen LogP contribution in [0.4, 0.5) is 0 Å². The Bertz CT molecular complexity index is 823. The lowest BCUT2D eigenvalue weighted by atomic mass is 9.72. The van der Waals surface area contributed by atoms with Crippen LogP contribution in [0.3, 0.4) is 0 Å². The Morgan fingerprint density at radius 2 is 1.93 bits per heavy atom. The number of carbonyl (C=O) groups is 1. The first-order chi connectivity index (χ1) is 12.9. The van der Waals surface area contributed by atoms with Crippen LogP contribution in [0.5, 0.6) is 0 Å². The molecule has 0 bridgehead atoms. The quantitative estimate of drug-likeness (QED) is 0.720. The number of hydrogen-bond acceptors (Lipinski definition) is 2. The molecule has 1 unspecified atom stereocenters. The zero-order valence-electron chi connectivity index (χ0n) is 14.9. The molecule has 0 aromatic heterocycles. The summed E-state index contributed by atoms with van der Waals surface area (Å²) in [5, 5.41) is 11.3. The molecule has 144 valence electrons. The van der Waals surface area contributed by atoms with Gasteiger partial charge in [-0.25, -0.2) is 0 Å². The lowest BCUT2D eigenvalue weighted by molar-refractivity contribution is -0.133. The number of piperidine rings is 1. The zero-order chi connectivity index (χ0) is 19.4. The highest BCUT2D eigenvalue weighted by Gasteiger charge is 2.38. The highest BCUT2D eigenvalue weighted by atomic mass is 35.5. The predicted octanol–water partition coefficient (Wildman–Crippen LogP) is 5.13. The molecule has 1 heterocycles. The van der Waals surface area contributed by atoms with Crippen LogP contribution in [0.15, 0.2) is 42.5 Å². The maximum absolute atomic E-state index is 12.9. The third-order valence-electron chi connectivity index (χ3n) is 5.30. The first-order valence-electron chi connectivity index (χ1n) is 9.02. The standard InChI is InChI=1S/C21H22Cl3NO2/c22-17-4-1-3-15(11-17)12-20(27)25-9-2-7-21(14-25,8-10-26)16-5-6-18(23)19(24)13-16/h1,3-6,11,13,26H,2,7-10,12,14H2. The summed E-state index contributed by atoms with van der Waals surface area (Å²) >= 11 is 18.3. The van der Waals surface area contributed by atoms with E-state index in [0.29, 0.717) is 41.0 Å². The molecule has 27 heavy (non-hydrogen) atoms. The van der Waals surface area contributed by atoms with Crippen molar-refractivity contribution in [3.05, 3.63) is 68.7 Å². The maximum atomic E-state index is 12.9. The van der Waals surface area contributed by atoms with E-state index in [0.717, 1.165) is 24.0 Å². The van der Waals surface area contributed by atoms with Gasteiger partial charge in [0.2, 0.25) is 5.91 Å². The second-order valence-electron chi connectivity index (χ2n) is 7.11. The molecular formula is C21H22Cl3NO2. The molecule has 1 saturated heterocycles. The van der Waals surface area contributed by atoms with Crippen molar-refractivity contribution in [3.8, 4) is 0 Å². The van der Waals surface area contributed by atoms with Crippen LogP contribution in [0.1, 0.15) is 30.4 Å². The molecule has 0 aliphatic carbocycles. The van der Waals surface area contributed by atoms with Gasteiger partial charge in [0.25, 0.3) is 0 Å². The molecule has 0 radical (unpaired) electrons. The molecule has 1 atom stereocenters. The van der Waals surface area contributed by atoms with E-state index in [9.17, 15) is 9.90 Å². The van der Waals surface area contributed by atoms with E-state index < -0.39 is 0 Å². The lowest BCUT2D eigenvalue weighted by Crippen LogP contribution is -2.49. The molecule has 3 nitrogen and oxygen atoms in total. The molecule has 3 rings (SSSR count). The normalized spacial score (nSPS) is 19.9.